The van der Waals surface area contributed by atoms with Gasteiger partial charge in [0, 0.05) is 71.7 Å². The molecule has 0 aliphatic rings. The number of ketones is 5. The van der Waals surface area contributed by atoms with E-state index in [4.69, 9.17) is 4.74 Å². The summed E-state index contributed by atoms with van der Waals surface area (Å²) in [5.74, 6) is 1.11. The van der Waals surface area contributed by atoms with Crippen molar-refractivity contribution in [2.75, 3.05) is 32.8 Å². The van der Waals surface area contributed by atoms with Crippen LogP contribution in [0.15, 0.2) is 0 Å². The van der Waals surface area contributed by atoms with Crippen molar-refractivity contribution in [3.8, 4) is 0 Å². The number of hydrogen-bond acceptors (Lipinski definition) is 9. The van der Waals surface area contributed by atoms with Crippen LogP contribution in [0.1, 0.15) is 160 Å². The van der Waals surface area contributed by atoms with Crippen molar-refractivity contribution >= 4 is 46.6 Å². The first kappa shape index (κ1) is 58.0. The number of ether oxygens (including phenoxy) is 1. The first-order chi connectivity index (χ1) is 22.9. The highest BCUT2D eigenvalue weighted by atomic mass is 16.5. The Morgan fingerprint density at radius 1 is 0.429 bits per heavy atom. The fourth-order valence-electron chi connectivity index (χ4n) is 2.47. The highest BCUT2D eigenvalue weighted by molar-refractivity contribution is 5.78. The molecule has 0 aromatic heterocycles. The van der Waals surface area contributed by atoms with E-state index in [2.05, 4.69) is 22.9 Å². The lowest BCUT2D eigenvalue weighted by Gasteiger charge is -1.99. The van der Waals surface area contributed by atoms with Gasteiger partial charge in [0.1, 0.15) is 29.7 Å². The molecule has 0 aliphatic heterocycles. The molecule has 12 heteroatoms. The van der Waals surface area contributed by atoms with Crippen LogP contribution in [0, 0.1) is 0 Å². The van der Waals surface area contributed by atoms with Crippen LogP contribution in [0.5, 0.6) is 0 Å². The number of amides is 3. The van der Waals surface area contributed by atoms with Crippen LogP contribution in [0.3, 0.4) is 0 Å². The molecule has 3 amide bonds. The maximum absolute atomic E-state index is 10.6. The molecule has 0 spiro atoms. The van der Waals surface area contributed by atoms with Gasteiger partial charge in [-0.15, -0.1) is 0 Å². The molecule has 0 aromatic carbocycles. The van der Waals surface area contributed by atoms with Gasteiger partial charge in [-0.1, -0.05) is 48.0 Å². The highest BCUT2D eigenvalue weighted by Crippen LogP contribution is 1.96. The number of hydrogen-bond donors (Lipinski definition) is 3. The van der Waals surface area contributed by atoms with E-state index in [9.17, 15) is 38.4 Å². The minimum Gasteiger partial charge on any atom is -0.374 e. The zero-order valence-electron chi connectivity index (χ0n) is 33.2. The second-order valence-corrected chi connectivity index (χ2v) is 11.1. The standard InChI is InChI=1S/C7H13NO2.C7H15NO.C7H12O2.C6H13NO.C6H12O2.C4H8O/c1-6(9)4-3-5-8-7(2)10;1-3-5-6-8-7(9)4-2;1-6(8)4-3-5-7(2)9;1-3-5-7-6(8)4-2;1-3-4-8-5-6(2)7;1-3-4(2)5/h3-5H2,1-2H3,(H,8,10);3-6H2,1-2H3,(H,8,9);3-5H2,1-2H3;3-5H2,1-2H3,(H,7,8);3-5H2,1-2H3;3H2,1-2H3. The van der Waals surface area contributed by atoms with Crippen LogP contribution in [0.4, 0.5) is 0 Å². The van der Waals surface area contributed by atoms with E-state index < -0.39 is 0 Å². The average molecular weight is 704 g/mol. The molecule has 0 radical (unpaired) electrons. The quantitative estimate of drug-likeness (QED) is 0.127. The predicted molar refractivity (Wildman–Crippen MR) is 198 cm³/mol. The molecule has 12 nitrogen and oxygen atoms in total. The van der Waals surface area contributed by atoms with Gasteiger partial charge >= 0.3 is 0 Å². The number of carbonyl (C=O) groups excluding carboxylic acids is 8. The molecule has 0 fully saturated rings. The lowest BCUT2D eigenvalue weighted by atomic mass is 10.1. The minimum absolute atomic E-state index is 0.0384. The van der Waals surface area contributed by atoms with Crippen molar-refractivity contribution in [2.24, 2.45) is 0 Å². The van der Waals surface area contributed by atoms with Gasteiger partial charge in [0.05, 0.1) is 0 Å². The SMILES string of the molecule is CC(=O)CCCC(C)=O.CC(=O)CCCNC(C)=O.CCC(C)=O.CCCCNC(=O)CC.CCCNC(=O)CC.CCCOCC(C)=O. The van der Waals surface area contributed by atoms with Crippen molar-refractivity contribution in [3.63, 3.8) is 0 Å². The summed E-state index contributed by atoms with van der Waals surface area (Å²) in [5.41, 5.74) is 0. The van der Waals surface area contributed by atoms with Gasteiger partial charge in [0.2, 0.25) is 17.7 Å². The summed E-state index contributed by atoms with van der Waals surface area (Å²) >= 11 is 0. The number of rotatable bonds is 20. The van der Waals surface area contributed by atoms with Crippen molar-refractivity contribution in [1.82, 2.24) is 16.0 Å². The van der Waals surface area contributed by atoms with E-state index in [1.54, 1.807) is 27.7 Å². The Hall–Kier alpha value is -3.28. The number of carbonyl (C=O) groups is 8. The van der Waals surface area contributed by atoms with Crippen LogP contribution in [0.2, 0.25) is 0 Å². The summed E-state index contributed by atoms with van der Waals surface area (Å²) in [5, 5.41) is 8.15. The molecule has 0 aliphatic carbocycles. The van der Waals surface area contributed by atoms with Crippen LogP contribution in [-0.2, 0) is 43.1 Å². The van der Waals surface area contributed by atoms with Gasteiger partial charge in [-0.25, -0.2) is 0 Å². The molecule has 3 N–H and O–H groups in total. The summed E-state index contributed by atoms with van der Waals surface area (Å²) in [4.78, 5) is 82.3. The van der Waals surface area contributed by atoms with Crippen molar-refractivity contribution in [2.45, 2.75) is 160 Å². The van der Waals surface area contributed by atoms with Crippen LogP contribution in [0.25, 0.3) is 0 Å². The third-order valence-electron chi connectivity index (χ3n) is 5.36. The molecule has 49 heavy (non-hydrogen) atoms. The molecular formula is C37H73N3O9. The predicted octanol–water partition coefficient (Wildman–Crippen LogP) is 6.05. The Labute approximate surface area is 298 Å². The summed E-state index contributed by atoms with van der Waals surface area (Å²) in [6.45, 7) is 24.2. The minimum atomic E-state index is -0.0384. The van der Waals surface area contributed by atoms with E-state index in [0.29, 0.717) is 58.1 Å². The molecule has 0 atom stereocenters. The normalized spacial score (nSPS) is 8.90. The van der Waals surface area contributed by atoms with Crippen LogP contribution >= 0.6 is 0 Å². The van der Waals surface area contributed by atoms with E-state index in [1.807, 2.05) is 34.6 Å². The number of Topliss-reactive ketones (excluding diaryl/α,β-unsaturated/α-hetero) is 5. The summed E-state index contributed by atoms with van der Waals surface area (Å²) in [6.07, 6.45) is 9.19. The fourth-order valence-corrected chi connectivity index (χ4v) is 2.47. The molecule has 0 saturated heterocycles. The topological polar surface area (TPSA) is 182 Å². The summed E-state index contributed by atoms with van der Waals surface area (Å²) in [6, 6.07) is 0. The fraction of sp³-hybridized carbons (Fsp3) is 0.784. The molecular weight excluding hydrogens is 630 g/mol. The Balaban J connectivity index is -0.000000114. The zero-order valence-corrected chi connectivity index (χ0v) is 33.2. The summed E-state index contributed by atoms with van der Waals surface area (Å²) in [7, 11) is 0. The lowest BCUT2D eigenvalue weighted by Crippen LogP contribution is -2.22. The maximum Gasteiger partial charge on any atom is 0.219 e. The molecule has 0 unspecified atom stereocenters. The monoisotopic (exact) mass is 704 g/mol. The molecule has 290 valence electrons. The van der Waals surface area contributed by atoms with E-state index >= 15 is 0 Å². The van der Waals surface area contributed by atoms with Crippen molar-refractivity contribution in [1.29, 1.82) is 0 Å². The van der Waals surface area contributed by atoms with Gasteiger partial charge in [-0.05, 0) is 66.7 Å². The molecule has 0 rings (SSSR count). The Morgan fingerprint density at radius 3 is 1.14 bits per heavy atom. The maximum atomic E-state index is 10.6. The van der Waals surface area contributed by atoms with Gasteiger partial charge in [0.25, 0.3) is 0 Å². The van der Waals surface area contributed by atoms with E-state index in [-0.39, 0.29) is 53.2 Å². The Bertz CT molecular complexity index is 830. The first-order valence-electron chi connectivity index (χ1n) is 17.7. The van der Waals surface area contributed by atoms with Crippen molar-refractivity contribution < 1.29 is 43.1 Å². The molecule has 0 aromatic rings. The Kier molecular flexibility index (Phi) is 58.1. The average Bonchev–Trinajstić information content (AvgIpc) is 3.03. The molecule has 0 bridgehead atoms. The van der Waals surface area contributed by atoms with Crippen molar-refractivity contribution in [3.05, 3.63) is 0 Å². The van der Waals surface area contributed by atoms with Gasteiger partial charge in [0.15, 0.2) is 5.78 Å². The largest absolute Gasteiger partial charge is 0.374 e. The molecule has 0 heterocycles. The zero-order chi connectivity index (χ0) is 39.5. The third kappa shape index (κ3) is 92.4. The second-order valence-electron chi connectivity index (χ2n) is 11.1. The van der Waals surface area contributed by atoms with E-state index in [1.165, 1.54) is 13.8 Å². The lowest BCUT2D eigenvalue weighted by molar-refractivity contribution is -0.122. The Morgan fingerprint density at radius 2 is 0.837 bits per heavy atom. The van der Waals surface area contributed by atoms with Crippen LogP contribution < -0.4 is 16.0 Å². The third-order valence-corrected chi connectivity index (χ3v) is 5.36. The first-order valence-corrected chi connectivity index (χ1v) is 17.7. The highest BCUT2D eigenvalue weighted by Gasteiger charge is 1.96. The number of unbranched alkanes of at least 4 members (excludes halogenated alkanes) is 1. The smallest absolute Gasteiger partial charge is 0.219 e. The van der Waals surface area contributed by atoms with Crippen LogP contribution in [-0.4, -0.2) is 79.5 Å². The molecule has 0 saturated carbocycles. The number of nitrogens with one attached hydrogen (secondary N) is 3. The van der Waals surface area contributed by atoms with Gasteiger partial charge in [-0.2, -0.15) is 0 Å². The van der Waals surface area contributed by atoms with Gasteiger partial charge in [-0.3, -0.25) is 19.2 Å². The van der Waals surface area contributed by atoms with Gasteiger partial charge < -0.3 is 39.9 Å². The second kappa shape index (κ2) is 49.1. The van der Waals surface area contributed by atoms with E-state index in [0.717, 1.165) is 45.2 Å². The summed E-state index contributed by atoms with van der Waals surface area (Å²) < 4.78 is 4.89.